The van der Waals surface area contributed by atoms with Crippen LogP contribution in [0.25, 0.3) is 0 Å². The van der Waals surface area contributed by atoms with Crippen LogP contribution in [0, 0.1) is 17.3 Å². The van der Waals surface area contributed by atoms with Gasteiger partial charge < -0.3 is 14.7 Å². The maximum absolute atomic E-state index is 9.87. The zero-order valence-corrected chi connectivity index (χ0v) is 17.9. The quantitative estimate of drug-likeness (QED) is 0.651. The van der Waals surface area contributed by atoms with Crippen molar-refractivity contribution in [2.75, 3.05) is 7.11 Å². The van der Waals surface area contributed by atoms with Crippen molar-refractivity contribution in [2.24, 2.45) is 22.4 Å². The number of hydrogen-bond donors (Lipinski definition) is 1. The first-order chi connectivity index (χ1) is 14.6. The van der Waals surface area contributed by atoms with Crippen molar-refractivity contribution in [1.82, 2.24) is 0 Å². The summed E-state index contributed by atoms with van der Waals surface area (Å²) in [6, 6.07) is 14.0. The second kappa shape index (κ2) is 7.64. The Hall–Kier alpha value is -2.49. The third kappa shape index (κ3) is 3.27. The fourth-order valence-electron chi connectivity index (χ4n) is 6.41. The van der Waals surface area contributed by atoms with Crippen LogP contribution in [0.4, 0.5) is 0 Å². The molecule has 3 aliphatic carbocycles. The van der Waals surface area contributed by atoms with E-state index in [4.69, 9.17) is 9.57 Å². The number of methoxy groups -OCH3 is 1. The van der Waals surface area contributed by atoms with Crippen LogP contribution in [0.15, 0.2) is 47.6 Å². The molecule has 1 N–H and O–H groups in total. The number of phenolic OH excluding ortho intramolecular Hbond substituents is 1. The molecule has 5 rings (SSSR count). The van der Waals surface area contributed by atoms with E-state index in [0.717, 1.165) is 30.1 Å². The lowest BCUT2D eigenvalue weighted by atomic mass is 9.55. The second-order valence-corrected chi connectivity index (χ2v) is 9.45. The lowest BCUT2D eigenvalue weighted by molar-refractivity contribution is 0.0869. The Kier molecular flexibility index (Phi) is 4.96. The van der Waals surface area contributed by atoms with E-state index < -0.39 is 0 Å². The van der Waals surface area contributed by atoms with Gasteiger partial charge in [0.15, 0.2) is 0 Å². The van der Waals surface area contributed by atoms with E-state index in [1.165, 1.54) is 42.5 Å². The summed E-state index contributed by atoms with van der Waals surface area (Å²) in [5, 5.41) is 14.5. The molecule has 0 bridgehead atoms. The SMILES string of the molecule is COc1ccc(CON=C2CC[C@H]3[C@@H]4CCc5cc(O)ccc5[C@H]4CC[C@]23C)cc1. The lowest BCUT2D eigenvalue weighted by Crippen LogP contribution is -2.42. The molecular formula is C26H31NO3. The Morgan fingerprint density at radius 3 is 2.70 bits per heavy atom. The van der Waals surface area contributed by atoms with Crippen LogP contribution in [0.3, 0.4) is 0 Å². The van der Waals surface area contributed by atoms with E-state index in [0.29, 0.717) is 24.2 Å². The summed E-state index contributed by atoms with van der Waals surface area (Å²) in [6.45, 7) is 2.92. The van der Waals surface area contributed by atoms with E-state index in [-0.39, 0.29) is 5.41 Å². The van der Waals surface area contributed by atoms with Crippen molar-refractivity contribution in [3.8, 4) is 11.5 Å². The maximum Gasteiger partial charge on any atom is 0.142 e. The minimum atomic E-state index is 0.162. The molecule has 0 unspecified atom stereocenters. The van der Waals surface area contributed by atoms with E-state index >= 15 is 0 Å². The summed E-state index contributed by atoms with van der Waals surface area (Å²) in [7, 11) is 1.68. The molecule has 2 fully saturated rings. The van der Waals surface area contributed by atoms with Gasteiger partial charge in [0.2, 0.25) is 0 Å². The standard InChI is InChI=1S/C26H31NO3/c1-26-14-13-22-21-10-6-19(28)15-18(21)5-9-23(22)24(26)11-12-25(26)27-30-16-17-3-7-20(29-2)8-4-17/h3-4,6-8,10,15,22-24,28H,5,9,11-14,16H2,1-2H3/t22-,23-,24+,26+/m1/s1. The van der Waals surface area contributed by atoms with E-state index in [9.17, 15) is 5.11 Å². The third-order valence-electron chi connectivity index (χ3n) is 8.02. The number of ether oxygens (including phenoxy) is 1. The molecule has 3 aliphatic rings. The molecule has 2 aromatic carbocycles. The molecule has 30 heavy (non-hydrogen) atoms. The Bertz CT molecular complexity index is 951. The number of hydrogen-bond acceptors (Lipinski definition) is 4. The predicted octanol–water partition coefficient (Wildman–Crippen LogP) is 5.83. The minimum absolute atomic E-state index is 0.162. The topological polar surface area (TPSA) is 51.0 Å². The molecule has 4 nitrogen and oxygen atoms in total. The number of rotatable bonds is 4. The van der Waals surface area contributed by atoms with Crippen molar-refractivity contribution >= 4 is 5.71 Å². The van der Waals surface area contributed by atoms with Gasteiger partial charge in [0, 0.05) is 5.41 Å². The van der Waals surface area contributed by atoms with Crippen LogP contribution in [0.5, 0.6) is 11.5 Å². The summed E-state index contributed by atoms with van der Waals surface area (Å²) in [5.41, 5.74) is 5.36. The van der Waals surface area contributed by atoms with Gasteiger partial charge in [-0.2, -0.15) is 0 Å². The highest BCUT2D eigenvalue weighted by Gasteiger charge is 2.53. The number of nitrogens with zero attached hydrogens (tertiary/aromatic N) is 1. The highest BCUT2D eigenvalue weighted by atomic mass is 16.6. The highest BCUT2D eigenvalue weighted by Crippen LogP contribution is 2.60. The largest absolute Gasteiger partial charge is 0.508 e. The third-order valence-corrected chi connectivity index (χ3v) is 8.02. The van der Waals surface area contributed by atoms with Gasteiger partial charge in [0.25, 0.3) is 0 Å². The van der Waals surface area contributed by atoms with E-state index in [1.807, 2.05) is 36.4 Å². The first-order valence-electron chi connectivity index (χ1n) is 11.2. The Morgan fingerprint density at radius 2 is 1.90 bits per heavy atom. The van der Waals surface area contributed by atoms with Crippen LogP contribution in [-0.2, 0) is 17.9 Å². The monoisotopic (exact) mass is 405 g/mol. The number of aryl methyl sites for hydroxylation is 1. The number of fused-ring (bicyclic) bond motifs is 5. The van der Waals surface area contributed by atoms with Crippen LogP contribution >= 0.6 is 0 Å². The summed E-state index contributed by atoms with van der Waals surface area (Å²) in [4.78, 5) is 5.82. The van der Waals surface area contributed by atoms with Crippen molar-refractivity contribution in [3.05, 3.63) is 59.2 Å². The average Bonchev–Trinajstić information content (AvgIpc) is 3.10. The first-order valence-corrected chi connectivity index (χ1v) is 11.2. The molecule has 0 aliphatic heterocycles. The number of phenols is 1. The van der Waals surface area contributed by atoms with Gasteiger partial charge in [0.1, 0.15) is 18.1 Å². The summed E-state index contributed by atoms with van der Waals surface area (Å²) < 4.78 is 5.22. The molecule has 4 atom stereocenters. The molecule has 158 valence electrons. The van der Waals surface area contributed by atoms with Crippen LogP contribution in [-0.4, -0.2) is 17.9 Å². The Labute approximate surface area is 178 Å². The van der Waals surface area contributed by atoms with Gasteiger partial charge >= 0.3 is 0 Å². The average molecular weight is 406 g/mol. The number of aromatic hydroxyl groups is 1. The molecule has 0 saturated heterocycles. The minimum Gasteiger partial charge on any atom is -0.508 e. The van der Waals surface area contributed by atoms with Gasteiger partial charge in [-0.15, -0.1) is 0 Å². The predicted molar refractivity (Wildman–Crippen MR) is 118 cm³/mol. The van der Waals surface area contributed by atoms with Crippen molar-refractivity contribution in [3.63, 3.8) is 0 Å². The molecular weight excluding hydrogens is 374 g/mol. The Morgan fingerprint density at radius 1 is 1.07 bits per heavy atom. The van der Waals surface area contributed by atoms with Crippen molar-refractivity contribution in [2.45, 2.75) is 58.0 Å². The van der Waals surface area contributed by atoms with Gasteiger partial charge in [-0.1, -0.05) is 30.3 Å². The van der Waals surface area contributed by atoms with Crippen LogP contribution in [0.2, 0.25) is 0 Å². The molecule has 2 saturated carbocycles. The normalized spacial score (nSPS) is 31.0. The van der Waals surface area contributed by atoms with Gasteiger partial charge in [-0.25, -0.2) is 0 Å². The van der Waals surface area contributed by atoms with Crippen molar-refractivity contribution in [1.29, 1.82) is 0 Å². The zero-order chi connectivity index (χ0) is 20.7. The van der Waals surface area contributed by atoms with E-state index in [1.54, 1.807) is 7.11 Å². The van der Waals surface area contributed by atoms with Gasteiger partial charge in [-0.05, 0) is 97.2 Å². The van der Waals surface area contributed by atoms with E-state index in [2.05, 4.69) is 18.1 Å². The fraction of sp³-hybridized carbons (Fsp3) is 0.500. The number of benzene rings is 2. The smallest absolute Gasteiger partial charge is 0.142 e. The summed E-state index contributed by atoms with van der Waals surface area (Å²) >= 11 is 0. The van der Waals surface area contributed by atoms with Crippen LogP contribution in [0.1, 0.15) is 61.6 Å². The van der Waals surface area contributed by atoms with Gasteiger partial charge in [-0.3, -0.25) is 0 Å². The van der Waals surface area contributed by atoms with Crippen molar-refractivity contribution < 1.29 is 14.7 Å². The molecule has 0 aromatic heterocycles. The molecule has 2 aromatic rings. The molecule has 0 heterocycles. The number of oxime groups is 1. The maximum atomic E-state index is 9.87. The zero-order valence-electron chi connectivity index (χ0n) is 17.9. The summed E-state index contributed by atoms with van der Waals surface area (Å²) in [6.07, 6.45) is 6.95. The molecule has 0 radical (unpaired) electrons. The fourth-order valence-corrected chi connectivity index (χ4v) is 6.41. The lowest BCUT2D eigenvalue weighted by Gasteiger charge is -2.49. The summed E-state index contributed by atoms with van der Waals surface area (Å²) in [5.74, 6) is 3.29. The highest BCUT2D eigenvalue weighted by molar-refractivity contribution is 5.92. The second-order valence-electron chi connectivity index (χ2n) is 9.45. The molecule has 4 heteroatoms. The Balaban J connectivity index is 1.30. The van der Waals surface area contributed by atoms with Gasteiger partial charge in [0.05, 0.1) is 12.8 Å². The van der Waals surface area contributed by atoms with Crippen LogP contribution < -0.4 is 4.74 Å². The molecule has 0 amide bonds. The molecule has 0 spiro atoms. The first kappa shape index (κ1) is 19.5.